The Labute approximate surface area is 145 Å². The summed E-state index contributed by atoms with van der Waals surface area (Å²) in [5.74, 6) is -0.156. The second kappa shape index (κ2) is 5.43. The number of hydrogen-bond acceptors (Lipinski definition) is 3. The van der Waals surface area contributed by atoms with Crippen LogP contribution >= 0.6 is 0 Å². The minimum absolute atomic E-state index is 0.00723. The minimum Gasteiger partial charge on any atom is -0.333 e. The standard InChI is InChI=1S/C20H19FN4/c21-17-3-6-19-15(9-17)10-20(7-8-22-13-20)25(19)18-4-1-14(2-5-18)16-11-23-24-12-16/h1-6,9,11-12,22H,7-8,10,13H2,(H,23,24). The van der Waals surface area contributed by atoms with E-state index in [0.717, 1.165) is 54.0 Å². The van der Waals surface area contributed by atoms with Gasteiger partial charge in [-0.25, -0.2) is 4.39 Å². The van der Waals surface area contributed by atoms with Gasteiger partial charge in [-0.05, 0) is 60.8 Å². The van der Waals surface area contributed by atoms with Crippen LogP contribution in [-0.4, -0.2) is 28.8 Å². The Bertz CT molecular complexity index is 896. The van der Waals surface area contributed by atoms with Crippen LogP contribution in [0.3, 0.4) is 0 Å². The van der Waals surface area contributed by atoms with Crippen LogP contribution in [0, 0.1) is 5.82 Å². The molecule has 1 unspecified atom stereocenters. The SMILES string of the molecule is Fc1ccc2c(c1)CC1(CCNC1)N2c1ccc(-c2cn[nH]c2)cc1. The average Bonchev–Trinajstić information content (AvgIpc) is 3.35. The second-order valence-corrected chi connectivity index (χ2v) is 6.97. The number of fused-ring (bicyclic) bond motifs is 1. The Morgan fingerprint density at radius 1 is 1.08 bits per heavy atom. The summed E-state index contributed by atoms with van der Waals surface area (Å²) in [6.45, 7) is 1.92. The van der Waals surface area contributed by atoms with Gasteiger partial charge in [0.1, 0.15) is 5.82 Å². The van der Waals surface area contributed by atoms with Crippen molar-refractivity contribution in [3.8, 4) is 11.1 Å². The topological polar surface area (TPSA) is 44.0 Å². The summed E-state index contributed by atoms with van der Waals surface area (Å²) in [4.78, 5) is 2.40. The van der Waals surface area contributed by atoms with Gasteiger partial charge in [0.05, 0.1) is 11.7 Å². The molecule has 1 saturated heterocycles. The van der Waals surface area contributed by atoms with Gasteiger partial charge in [-0.15, -0.1) is 0 Å². The molecule has 0 amide bonds. The molecule has 5 rings (SSSR count). The van der Waals surface area contributed by atoms with Gasteiger partial charge in [-0.3, -0.25) is 5.10 Å². The Kier molecular flexibility index (Phi) is 3.18. The van der Waals surface area contributed by atoms with Crippen molar-refractivity contribution in [3.63, 3.8) is 0 Å². The maximum atomic E-state index is 13.7. The molecule has 1 aromatic heterocycles. The molecule has 5 heteroatoms. The van der Waals surface area contributed by atoms with Crippen molar-refractivity contribution in [1.29, 1.82) is 0 Å². The van der Waals surface area contributed by atoms with Gasteiger partial charge in [-0.1, -0.05) is 12.1 Å². The summed E-state index contributed by atoms with van der Waals surface area (Å²) >= 11 is 0. The molecule has 126 valence electrons. The van der Waals surface area contributed by atoms with Gasteiger partial charge in [0.25, 0.3) is 0 Å². The lowest BCUT2D eigenvalue weighted by Crippen LogP contribution is -2.45. The quantitative estimate of drug-likeness (QED) is 0.752. The number of nitrogens with one attached hydrogen (secondary N) is 2. The molecule has 1 atom stereocenters. The van der Waals surface area contributed by atoms with Gasteiger partial charge < -0.3 is 10.2 Å². The van der Waals surface area contributed by atoms with Crippen molar-refractivity contribution in [2.45, 2.75) is 18.4 Å². The molecule has 1 fully saturated rings. The number of halogens is 1. The lowest BCUT2D eigenvalue weighted by Gasteiger charge is -2.37. The van der Waals surface area contributed by atoms with Gasteiger partial charge in [0, 0.05) is 29.7 Å². The molecule has 2 N–H and O–H groups in total. The predicted octanol–water partition coefficient (Wildman–Crippen LogP) is 3.64. The van der Waals surface area contributed by atoms with Crippen LogP contribution in [0.2, 0.25) is 0 Å². The zero-order valence-corrected chi connectivity index (χ0v) is 13.8. The number of aromatic amines is 1. The fourth-order valence-corrected chi connectivity index (χ4v) is 4.30. The van der Waals surface area contributed by atoms with E-state index in [1.807, 2.05) is 18.5 Å². The van der Waals surface area contributed by atoms with E-state index in [9.17, 15) is 4.39 Å². The Balaban J connectivity index is 1.59. The van der Waals surface area contributed by atoms with E-state index >= 15 is 0 Å². The molecule has 0 bridgehead atoms. The maximum Gasteiger partial charge on any atom is 0.123 e. The molecule has 0 radical (unpaired) electrons. The van der Waals surface area contributed by atoms with E-state index in [2.05, 4.69) is 44.7 Å². The summed E-state index contributed by atoms with van der Waals surface area (Å²) < 4.78 is 13.7. The fourth-order valence-electron chi connectivity index (χ4n) is 4.30. The third-order valence-electron chi connectivity index (χ3n) is 5.45. The van der Waals surface area contributed by atoms with Gasteiger partial charge >= 0.3 is 0 Å². The predicted molar refractivity (Wildman–Crippen MR) is 96.5 cm³/mol. The first-order chi connectivity index (χ1) is 12.3. The molecule has 2 aromatic carbocycles. The Hall–Kier alpha value is -2.66. The van der Waals surface area contributed by atoms with Crippen LogP contribution in [0.5, 0.6) is 0 Å². The van der Waals surface area contributed by atoms with E-state index in [4.69, 9.17) is 0 Å². The third kappa shape index (κ3) is 2.27. The summed E-state index contributed by atoms with van der Waals surface area (Å²) in [5, 5.41) is 10.4. The number of hydrogen-bond donors (Lipinski definition) is 2. The molecular formula is C20H19FN4. The monoisotopic (exact) mass is 334 g/mol. The molecule has 3 heterocycles. The number of benzene rings is 2. The van der Waals surface area contributed by atoms with Gasteiger partial charge in [-0.2, -0.15) is 5.10 Å². The largest absolute Gasteiger partial charge is 0.333 e. The highest BCUT2D eigenvalue weighted by atomic mass is 19.1. The normalized spacial score (nSPS) is 21.9. The van der Waals surface area contributed by atoms with E-state index < -0.39 is 0 Å². The lowest BCUT2D eigenvalue weighted by atomic mass is 9.92. The highest BCUT2D eigenvalue weighted by molar-refractivity contribution is 5.75. The third-order valence-corrected chi connectivity index (χ3v) is 5.45. The van der Waals surface area contributed by atoms with E-state index in [1.165, 1.54) is 0 Å². The maximum absolute atomic E-state index is 13.7. The zero-order valence-electron chi connectivity index (χ0n) is 13.8. The first-order valence-electron chi connectivity index (χ1n) is 8.64. The molecule has 2 aliphatic rings. The summed E-state index contributed by atoms with van der Waals surface area (Å²) in [6.07, 6.45) is 5.67. The van der Waals surface area contributed by atoms with Gasteiger partial charge in [0.2, 0.25) is 0 Å². The second-order valence-electron chi connectivity index (χ2n) is 6.97. The van der Waals surface area contributed by atoms with Crippen molar-refractivity contribution in [2.24, 2.45) is 0 Å². The molecule has 0 aliphatic carbocycles. The number of aromatic nitrogens is 2. The first kappa shape index (κ1) is 14.7. The van der Waals surface area contributed by atoms with Crippen LogP contribution in [0.1, 0.15) is 12.0 Å². The molecule has 25 heavy (non-hydrogen) atoms. The van der Waals surface area contributed by atoms with Crippen LogP contribution in [0.25, 0.3) is 11.1 Å². The molecule has 0 saturated carbocycles. The van der Waals surface area contributed by atoms with E-state index in [0.29, 0.717) is 0 Å². The lowest BCUT2D eigenvalue weighted by molar-refractivity contribution is 0.480. The van der Waals surface area contributed by atoms with Crippen LogP contribution in [0.4, 0.5) is 15.8 Å². The number of nitrogens with zero attached hydrogens (tertiary/aromatic N) is 2. The fraction of sp³-hybridized carbons (Fsp3) is 0.250. The number of H-pyrrole nitrogens is 1. The van der Waals surface area contributed by atoms with E-state index in [-0.39, 0.29) is 11.4 Å². The smallest absolute Gasteiger partial charge is 0.123 e. The summed E-state index contributed by atoms with van der Waals surface area (Å²) in [7, 11) is 0. The molecule has 4 nitrogen and oxygen atoms in total. The number of rotatable bonds is 2. The minimum atomic E-state index is -0.156. The van der Waals surface area contributed by atoms with Crippen molar-refractivity contribution < 1.29 is 4.39 Å². The summed E-state index contributed by atoms with van der Waals surface area (Å²) in [6, 6.07) is 13.7. The van der Waals surface area contributed by atoms with Crippen molar-refractivity contribution >= 4 is 11.4 Å². The van der Waals surface area contributed by atoms with Crippen LogP contribution in [-0.2, 0) is 6.42 Å². The Morgan fingerprint density at radius 3 is 2.68 bits per heavy atom. The van der Waals surface area contributed by atoms with Crippen molar-refractivity contribution in [3.05, 3.63) is 66.2 Å². The summed E-state index contributed by atoms with van der Waals surface area (Å²) in [5.41, 5.74) is 5.60. The molecule has 1 spiro atoms. The van der Waals surface area contributed by atoms with Gasteiger partial charge in [0.15, 0.2) is 0 Å². The van der Waals surface area contributed by atoms with E-state index in [1.54, 1.807) is 12.1 Å². The first-order valence-corrected chi connectivity index (χ1v) is 8.64. The molecule has 2 aliphatic heterocycles. The van der Waals surface area contributed by atoms with Crippen molar-refractivity contribution in [1.82, 2.24) is 15.5 Å². The van der Waals surface area contributed by atoms with Crippen LogP contribution in [0.15, 0.2) is 54.9 Å². The Morgan fingerprint density at radius 2 is 1.96 bits per heavy atom. The average molecular weight is 334 g/mol. The zero-order chi connectivity index (χ0) is 16.9. The van der Waals surface area contributed by atoms with Crippen molar-refractivity contribution in [2.75, 3.05) is 18.0 Å². The molecular weight excluding hydrogens is 315 g/mol. The highest BCUT2D eigenvalue weighted by Gasteiger charge is 2.46. The highest BCUT2D eigenvalue weighted by Crippen LogP contribution is 2.47. The number of anilines is 2. The van der Waals surface area contributed by atoms with Crippen LogP contribution < -0.4 is 10.2 Å². The molecule has 3 aromatic rings.